The minimum absolute atomic E-state index is 0.844. The van der Waals surface area contributed by atoms with Gasteiger partial charge in [-0.2, -0.15) is 0 Å². The third kappa shape index (κ3) is 3.95. The molecule has 1 saturated heterocycles. The van der Waals surface area contributed by atoms with E-state index in [4.69, 9.17) is 0 Å². The van der Waals surface area contributed by atoms with E-state index in [1.165, 1.54) is 26.2 Å². The van der Waals surface area contributed by atoms with Gasteiger partial charge in [-0.3, -0.25) is 0 Å². The van der Waals surface area contributed by atoms with Crippen molar-refractivity contribution in [2.24, 2.45) is 11.8 Å². The van der Waals surface area contributed by atoms with E-state index in [9.17, 15) is 0 Å². The zero-order valence-corrected chi connectivity index (χ0v) is 10.1. The van der Waals surface area contributed by atoms with Crippen molar-refractivity contribution < 1.29 is 0 Å². The molecule has 0 spiro atoms. The molecule has 0 amide bonds. The zero-order valence-electron chi connectivity index (χ0n) is 10.1. The standard InChI is InChI=1S/C11H25N3/c1-10-7-12-8-11(10)9-14(4)6-5-13(2)3/h10-12H,5-9H2,1-4H3/t10-,11+/m1/s1. The Morgan fingerprint density at radius 2 is 1.86 bits per heavy atom. The molecular formula is C11H25N3. The van der Waals surface area contributed by atoms with E-state index >= 15 is 0 Å². The number of nitrogens with zero attached hydrogens (tertiary/aromatic N) is 2. The molecule has 1 heterocycles. The first kappa shape index (κ1) is 12.0. The van der Waals surface area contributed by atoms with Crippen molar-refractivity contribution in [2.75, 3.05) is 53.9 Å². The predicted octanol–water partition coefficient (Wildman–Crippen LogP) is 0.335. The van der Waals surface area contributed by atoms with Gasteiger partial charge in [0.15, 0.2) is 0 Å². The summed E-state index contributed by atoms with van der Waals surface area (Å²) in [5.41, 5.74) is 0. The summed E-state index contributed by atoms with van der Waals surface area (Å²) in [4.78, 5) is 4.70. The van der Waals surface area contributed by atoms with Crippen molar-refractivity contribution >= 4 is 0 Å². The Bertz CT molecular complexity index is 159. The number of likely N-dealkylation sites (N-methyl/N-ethyl adjacent to an activating group) is 2. The maximum Gasteiger partial charge on any atom is 0.0106 e. The van der Waals surface area contributed by atoms with Gasteiger partial charge in [0.2, 0.25) is 0 Å². The van der Waals surface area contributed by atoms with Gasteiger partial charge in [0.05, 0.1) is 0 Å². The highest BCUT2D eigenvalue weighted by Gasteiger charge is 2.23. The van der Waals surface area contributed by atoms with Gasteiger partial charge >= 0.3 is 0 Å². The van der Waals surface area contributed by atoms with Crippen LogP contribution in [0.2, 0.25) is 0 Å². The Morgan fingerprint density at radius 1 is 1.14 bits per heavy atom. The second-order valence-corrected chi connectivity index (χ2v) is 4.96. The van der Waals surface area contributed by atoms with Crippen LogP contribution in [0.5, 0.6) is 0 Å². The van der Waals surface area contributed by atoms with Crippen LogP contribution in [-0.4, -0.2) is 63.7 Å². The van der Waals surface area contributed by atoms with Crippen LogP contribution in [0.25, 0.3) is 0 Å². The molecule has 3 heteroatoms. The Labute approximate surface area is 88.5 Å². The van der Waals surface area contributed by atoms with Gasteiger partial charge in [0, 0.05) is 19.6 Å². The summed E-state index contributed by atoms with van der Waals surface area (Å²) in [6.45, 7) is 8.33. The highest BCUT2D eigenvalue weighted by Crippen LogP contribution is 2.16. The summed E-state index contributed by atoms with van der Waals surface area (Å²) in [5, 5.41) is 3.46. The van der Waals surface area contributed by atoms with Crippen LogP contribution in [0.1, 0.15) is 6.92 Å². The average Bonchev–Trinajstić information content (AvgIpc) is 2.49. The molecule has 1 N–H and O–H groups in total. The maximum atomic E-state index is 3.46. The highest BCUT2D eigenvalue weighted by atomic mass is 15.2. The van der Waals surface area contributed by atoms with E-state index < -0.39 is 0 Å². The fourth-order valence-electron chi connectivity index (χ4n) is 1.97. The van der Waals surface area contributed by atoms with Crippen LogP contribution in [0, 0.1) is 11.8 Å². The van der Waals surface area contributed by atoms with E-state index in [1.54, 1.807) is 0 Å². The summed E-state index contributed by atoms with van der Waals surface area (Å²) in [7, 11) is 6.50. The molecule has 2 atom stereocenters. The van der Waals surface area contributed by atoms with Crippen LogP contribution >= 0.6 is 0 Å². The summed E-state index contributed by atoms with van der Waals surface area (Å²) in [6.07, 6.45) is 0. The van der Waals surface area contributed by atoms with Crippen molar-refractivity contribution in [2.45, 2.75) is 6.92 Å². The van der Waals surface area contributed by atoms with E-state index in [2.05, 4.69) is 43.2 Å². The number of rotatable bonds is 5. The van der Waals surface area contributed by atoms with Crippen LogP contribution in [0.4, 0.5) is 0 Å². The molecule has 0 saturated carbocycles. The van der Waals surface area contributed by atoms with Crippen molar-refractivity contribution in [1.82, 2.24) is 15.1 Å². The lowest BCUT2D eigenvalue weighted by Crippen LogP contribution is -2.34. The molecule has 0 aromatic rings. The van der Waals surface area contributed by atoms with Crippen molar-refractivity contribution in [3.05, 3.63) is 0 Å². The monoisotopic (exact) mass is 199 g/mol. The first-order valence-electron chi connectivity index (χ1n) is 5.63. The van der Waals surface area contributed by atoms with Crippen LogP contribution in [0.15, 0.2) is 0 Å². The van der Waals surface area contributed by atoms with Gasteiger partial charge in [0.25, 0.3) is 0 Å². The molecule has 84 valence electrons. The molecule has 0 aliphatic carbocycles. The third-order valence-electron chi connectivity index (χ3n) is 3.15. The molecule has 0 bridgehead atoms. The minimum Gasteiger partial charge on any atom is -0.316 e. The molecule has 3 nitrogen and oxygen atoms in total. The first-order chi connectivity index (χ1) is 6.59. The average molecular weight is 199 g/mol. The number of hydrogen-bond donors (Lipinski definition) is 1. The quantitative estimate of drug-likeness (QED) is 0.689. The van der Waals surface area contributed by atoms with E-state index in [0.29, 0.717) is 0 Å². The predicted molar refractivity (Wildman–Crippen MR) is 61.6 cm³/mol. The Kier molecular flexibility index (Phi) is 4.85. The molecule has 0 radical (unpaired) electrons. The SMILES string of the molecule is C[C@@H]1CNC[C@H]1CN(C)CCN(C)C. The first-order valence-corrected chi connectivity index (χ1v) is 5.63. The topological polar surface area (TPSA) is 18.5 Å². The highest BCUT2D eigenvalue weighted by molar-refractivity contribution is 4.79. The Morgan fingerprint density at radius 3 is 2.36 bits per heavy atom. The summed E-state index contributed by atoms with van der Waals surface area (Å²) < 4.78 is 0. The number of hydrogen-bond acceptors (Lipinski definition) is 3. The normalized spacial score (nSPS) is 27.9. The van der Waals surface area contributed by atoms with Crippen LogP contribution in [0.3, 0.4) is 0 Å². The molecule has 1 aliphatic heterocycles. The van der Waals surface area contributed by atoms with E-state index in [1.807, 2.05) is 0 Å². The second-order valence-electron chi connectivity index (χ2n) is 4.96. The molecule has 14 heavy (non-hydrogen) atoms. The van der Waals surface area contributed by atoms with Gasteiger partial charge in [-0.1, -0.05) is 6.92 Å². The minimum atomic E-state index is 0.844. The van der Waals surface area contributed by atoms with Crippen molar-refractivity contribution in [3.8, 4) is 0 Å². The van der Waals surface area contributed by atoms with Gasteiger partial charge in [-0.15, -0.1) is 0 Å². The lowest BCUT2D eigenvalue weighted by molar-refractivity contribution is 0.234. The van der Waals surface area contributed by atoms with E-state index in [0.717, 1.165) is 18.4 Å². The van der Waals surface area contributed by atoms with Crippen LogP contribution < -0.4 is 5.32 Å². The van der Waals surface area contributed by atoms with Crippen LogP contribution in [-0.2, 0) is 0 Å². The molecule has 1 aliphatic rings. The second kappa shape index (κ2) is 5.69. The zero-order chi connectivity index (χ0) is 10.6. The fourth-order valence-corrected chi connectivity index (χ4v) is 1.97. The molecule has 0 aromatic heterocycles. The van der Waals surface area contributed by atoms with Crippen molar-refractivity contribution in [1.29, 1.82) is 0 Å². The van der Waals surface area contributed by atoms with Gasteiger partial charge in [-0.25, -0.2) is 0 Å². The summed E-state index contributed by atoms with van der Waals surface area (Å²) in [5.74, 6) is 1.69. The smallest absolute Gasteiger partial charge is 0.0106 e. The lowest BCUT2D eigenvalue weighted by atomic mass is 9.98. The Hall–Kier alpha value is -0.120. The fraction of sp³-hybridized carbons (Fsp3) is 1.00. The molecule has 0 unspecified atom stereocenters. The number of nitrogens with one attached hydrogen (secondary N) is 1. The lowest BCUT2D eigenvalue weighted by Gasteiger charge is -2.24. The Balaban J connectivity index is 2.16. The summed E-state index contributed by atoms with van der Waals surface area (Å²) in [6, 6.07) is 0. The molecule has 0 aromatic carbocycles. The van der Waals surface area contributed by atoms with Gasteiger partial charge < -0.3 is 15.1 Å². The maximum absolute atomic E-state index is 3.46. The van der Waals surface area contributed by atoms with Gasteiger partial charge in [0.1, 0.15) is 0 Å². The molecular weight excluding hydrogens is 174 g/mol. The van der Waals surface area contributed by atoms with E-state index in [-0.39, 0.29) is 0 Å². The van der Waals surface area contributed by atoms with Crippen molar-refractivity contribution in [3.63, 3.8) is 0 Å². The molecule has 1 fully saturated rings. The largest absolute Gasteiger partial charge is 0.316 e. The third-order valence-corrected chi connectivity index (χ3v) is 3.15. The van der Waals surface area contributed by atoms with Gasteiger partial charge in [-0.05, 0) is 46.1 Å². The summed E-state index contributed by atoms with van der Waals surface area (Å²) >= 11 is 0. The molecule has 1 rings (SSSR count).